The summed E-state index contributed by atoms with van der Waals surface area (Å²) in [7, 11) is 3.51. The molecule has 1 aliphatic rings. The molecule has 1 aliphatic heterocycles. The van der Waals surface area contributed by atoms with E-state index in [2.05, 4.69) is 45.6 Å². The molecular formula is C19H32N4O2. The second kappa shape index (κ2) is 10.9. The molecule has 0 bridgehead atoms. The summed E-state index contributed by atoms with van der Waals surface area (Å²) in [6.45, 7) is 8.71. The maximum absolute atomic E-state index is 5.45. The van der Waals surface area contributed by atoms with E-state index in [1.807, 2.05) is 0 Å². The van der Waals surface area contributed by atoms with Crippen LogP contribution in [0.15, 0.2) is 23.2 Å². The molecule has 1 aromatic carbocycles. The van der Waals surface area contributed by atoms with Crippen LogP contribution in [0.2, 0.25) is 0 Å². The van der Waals surface area contributed by atoms with Gasteiger partial charge in [0.2, 0.25) is 0 Å². The van der Waals surface area contributed by atoms with Gasteiger partial charge in [-0.25, -0.2) is 0 Å². The second-order valence-electron chi connectivity index (χ2n) is 6.33. The second-order valence-corrected chi connectivity index (χ2v) is 6.33. The van der Waals surface area contributed by atoms with Crippen molar-refractivity contribution in [2.24, 2.45) is 4.99 Å². The third-order valence-electron chi connectivity index (χ3n) is 4.41. The Morgan fingerprint density at radius 3 is 2.76 bits per heavy atom. The summed E-state index contributed by atoms with van der Waals surface area (Å²) in [6.07, 6.45) is 2.32. The lowest BCUT2D eigenvalue weighted by molar-refractivity contribution is 0.0372. The summed E-state index contributed by atoms with van der Waals surface area (Å²) in [6, 6.07) is 6.25. The van der Waals surface area contributed by atoms with Gasteiger partial charge in [0.1, 0.15) is 5.75 Å². The Kier molecular flexibility index (Phi) is 8.55. The first-order chi connectivity index (χ1) is 12.2. The first kappa shape index (κ1) is 19.5. The van der Waals surface area contributed by atoms with Gasteiger partial charge in [-0.1, -0.05) is 12.1 Å². The van der Waals surface area contributed by atoms with E-state index in [-0.39, 0.29) is 0 Å². The lowest BCUT2D eigenvalue weighted by Crippen LogP contribution is -2.38. The zero-order valence-corrected chi connectivity index (χ0v) is 15.8. The van der Waals surface area contributed by atoms with Crippen LogP contribution in [0.3, 0.4) is 0 Å². The molecule has 1 fully saturated rings. The van der Waals surface area contributed by atoms with Gasteiger partial charge in [-0.3, -0.25) is 9.89 Å². The van der Waals surface area contributed by atoms with Crippen LogP contribution in [0, 0.1) is 6.92 Å². The lowest BCUT2D eigenvalue weighted by atomic mass is 10.1. The molecular weight excluding hydrogens is 316 g/mol. The van der Waals surface area contributed by atoms with Crippen LogP contribution in [0.1, 0.15) is 24.0 Å². The molecule has 0 atom stereocenters. The van der Waals surface area contributed by atoms with Crippen molar-refractivity contribution in [3.8, 4) is 5.75 Å². The Labute approximate surface area is 151 Å². The zero-order chi connectivity index (χ0) is 17.9. The number of hydrogen-bond donors (Lipinski definition) is 2. The summed E-state index contributed by atoms with van der Waals surface area (Å²) < 4.78 is 10.8. The number of morpholine rings is 1. The highest BCUT2D eigenvalue weighted by atomic mass is 16.5. The van der Waals surface area contributed by atoms with Crippen molar-refractivity contribution in [1.29, 1.82) is 0 Å². The number of rotatable bonds is 8. The number of benzene rings is 1. The minimum atomic E-state index is 0.691. The van der Waals surface area contributed by atoms with Crippen LogP contribution in [0.5, 0.6) is 5.75 Å². The predicted molar refractivity (Wildman–Crippen MR) is 102 cm³/mol. The number of aryl methyl sites for hydroxylation is 1. The van der Waals surface area contributed by atoms with Crippen LogP contribution in [-0.2, 0) is 11.3 Å². The summed E-state index contributed by atoms with van der Waals surface area (Å²) >= 11 is 0. The number of ether oxygens (including phenoxy) is 2. The van der Waals surface area contributed by atoms with Crippen molar-refractivity contribution in [3.63, 3.8) is 0 Å². The molecule has 2 rings (SSSR count). The number of unbranched alkanes of at least 4 members (excludes halogenated alkanes) is 1. The van der Waals surface area contributed by atoms with Gasteiger partial charge in [-0.2, -0.15) is 0 Å². The fourth-order valence-electron chi connectivity index (χ4n) is 2.89. The van der Waals surface area contributed by atoms with Gasteiger partial charge in [0, 0.05) is 38.8 Å². The maximum atomic E-state index is 5.45. The molecule has 140 valence electrons. The topological polar surface area (TPSA) is 58.1 Å². The Morgan fingerprint density at radius 2 is 2.04 bits per heavy atom. The van der Waals surface area contributed by atoms with Crippen LogP contribution in [0.4, 0.5) is 0 Å². The number of guanidine groups is 1. The number of hydrogen-bond acceptors (Lipinski definition) is 4. The normalized spacial score (nSPS) is 15.9. The number of nitrogens with zero attached hydrogens (tertiary/aromatic N) is 2. The Hall–Kier alpha value is -1.79. The molecule has 6 nitrogen and oxygen atoms in total. The summed E-state index contributed by atoms with van der Waals surface area (Å²) in [5, 5.41) is 6.73. The average Bonchev–Trinajstić information content (AvgIpc) is 2.65. The van der Waals surface area contributed by atoms with E-state index in [9.17, 15) is 0 Å². The van der Waals surface area contributed by atoms with Gasteiger partial charge < -0.3 is 20.1 Å². The highest BCUT2D eigenvalue weighted by Gasteiger charge is 2.09. The first-order valence-corrected chi connectivity index (χ1v) is 9.11. The molecule has 6 heteroatoms. The van der Waals surface area contributed by atoms with Gasteiger partial charge in [0.05, 0.1) is 20.3 Å². The molecule has 0 amide bonds. The smallest absolute Gasteiger partial charge is 0.191 e. The average molecular weight is 348 g/mol. The van der Waals surface area contributed by atoms with E-state index >= 15 is 0 Å². The molecule has 0 aliphatic carbocycles. The fourth-order valence-corrected chi connectivity index (χ4v) is 2.89. The molecule has 0 aromatic heterocycles. The predicted octanol–water partition coefficient (Wildman–Crippen LogP) is 1.78. The molecule has 1 heterocycles. The molecule has 25 heavy (non-hydrogen) atoms. The van der Waals surface area contributed by atoms with Crippen molar-refractivity contribution >= 4 is 5.96 Å². The fraction of sp³-hybridized carbons (Fsp3) is 0.632. The van der Waals surface area contributed by atoms with Gasteiger partial charge in [0.25, 0.3) is 0 Å². The maximum Gasteiger partial charge on any atom is 0.191 e. The Balaban J connectivity index is 1.65. The van der Waals surface area contributed by atoms with Crippen molar-refractivity contribution in [2.45, 2.75) is 26.3 Å². The summed E-state index contributed by atoms with van der Waals surface area (Å²) in [5.41, 5.74) is 2.33. The van der Waals surface area contributed by atoms with Crippen LogP contribution >= 0.6 is 0 Å². The minimum absolute atomic E-state index is 0.691. The number of nitrogens with one attached hydrogen (secondary N) is 2. The summed E-state index contributed by atoms with van der Waals surface area (Å²) in [4.78, 5) is 6.76. The first-order valence-electron chi connectivity index (χ1n) is 9.11. The van der Waals surface area contributed by atoms with Crippen molar-refractivity contribution in [3.05, 3.63) is 29.3 Å². The lowest BCUT2D eigenvalue weighted by Gasteiger charge is -2.26. The highest BCUT2D eigenvalue weighted by Crippen LogP contribution is 2.19. The molecule has 2 N–H and O–H groups in total. The Bertz CT molecular complexity index is 542. The van der Waals surface area contributed by atoms with Gasteiger partial charge >= 0.3 is 0 Å². The SMILES string of the molecule is CN=C(NCCCCN1CCOCC1)NCc1ccc(C)cc1OC. The molecule has 1 saturated heterocycles. The van der Waals surface area contributed by atoms with Gasteiger partial charge in [-0.05, 0) is 37.9 Å². The Morgan fingerprint density at radius 1 is 1.24 bits per heavy atom. The van der Waals surface area contributed by atoms with Crippen molar-refractivity contribution < 1.29 is 9.47 Å². The molecule has 0 saturated carbocycles. The summed E-state index contributed by atoms with van der Waals surface area (Å²) in [5.74, 6) is 1.74. The van der Waals surface area contributed by atoms with E-state index in [0.717, 1.165) is 63.1 Å². The largest absolute Gasteiger partial charge is 0.496 e. The van der Waals surface area contributed by atoms with Crippen molar-refractivity contribution in [1.82, 2.24) is 15.5 Å². The zero-order valence-electron chi connectivity index (χ0n) is 15.8. The van der Waals surface area contributed by atoms with Crippen LogP contribution in [0.25, 0.3) is 0 Å². The third kappa shape index (κ3) is 6.92. The molecule has 0 unspecified atom stereocenters. The number of aliphatic imine (C=N–C) groups is 1. The van der Waals surface area contributed by atoms with Crippen LogP contribution < -0.4 is 15.4 Å². The van der Waals surface area contributed by atoms with E-state index < -0.39 is 0 Å². The molecule has 0 radical (unpaired) electrons. The van der Waals surface area contributed by atoms with Gasteiger partial charge in [-0.15, -0.1) is 0 Å². The quantitative estimate of drug-likeness (QED) is 0.426. The minimum Gasteiger partial charge on any atom is -0.496 e. The molecule has 1 aromatic rings. The van der Waals surface area contributed by atoms with E-state index in [1.54, 1.807) is 14.2 Å². The monoisotopic (exact) mass is 348 g/mol. The van der Waals surface area contributed by atoms with E-state index in [1.165, 1.54) is 12.0 Å². The van der Waals surface area contributed by atoms with Gasteiger partial charge in [0.15, 0.2) is 5.96 Å². The molecule has 0 spiro atoms. The number of methoxy groups -OCH3 is 1. The third-order valence-corrected chi connectivity index (χ3v) is 4.41. The van der Waals surface area contributed by atoms with Crippen LogP contribution in [-0.4, -0.2) is 64.4 Å². The highest BCUT2D eigenvalue weighted by molar-refractivity contribution is 5.79. The standard InChI is InChI=1S/C19H32N4O2/c1-16-6-7-17(18(14-16)24-3)15-22-19(20-2)21-8-4-5-9-23-10-12-25-13-11-23/h6-7,14H,4-5,8-13,15H2,1-3H3,(H2,20,21,22). The van der Waals surface area contributed by atoms with Crippen molar-refractivity contribution in [2.75, 3.05) is 53.6 Å². The van der Waals surface area contributed by atoms with E-state index in [4.69, 9.17) is 9.47 Å². The van der Waals surface area contributed by atoms with E-state index in [0.29, 0.717) is 6.54 Å².